The van der Waals surface area contributed by atoms with E-state index in [1.165, 1.54) is 0 Å². The monoisotopic (exact) mass is 303 g/mol. The summed E-state index contributed by atoms with van der Waals surface area (Å²) < 4.78 is 37.3. The molecule has 0 saturated carbocycles. The maximum atomic E-state index is 12.4. The number of amides is 1. The Morgan fingerprint density at radius 2 is 1.95 bits per heavy atom. The molecule has 0 fully saturated rings. The average Bonchev–Trinajstić information content (AvgIpc) is 2.36. The van der Waals surface area contributed by atoms with Gasteiger partial charge < -0.3 is 11.1 Å². The third kappa shape index (κ3) is 5.00. The Kier molecular flexibility index (Phi) is 5.33. The molecule has 21 heavy (non-hydrogen) atoms. The molecule has 0 saturated heterocycles. The van der Waals surface area contributed by atoms with Gasteiger partial charge in [-0.1, -0.05) is 20.8 Å². The zero-order valence-corrected chi connectivity index (χ0v) is 12.3. The molecule has 3 N–H and O–H groups in total. The van der Waals surface area contributed by atoms with Gasteiger partial charge >= 0.3 is 6.18 Å². The smallest absolute Gasteiger partial charge is 0.347 e. The fraction of sp³-hybridized carbons (Fsp3) is 0.571. The number of rotatable bonds is 4. The van der Waals surface area contributed by atoms with Crippen molar-refractivity contribution < 1.29 is 18.0 Å². The van der Waals surface area contributed by atoms with Crippen LogP contribution in [0, 0.1) is 5.41 Å². The van der Waals surface area contributed by atoms with E-state index in [1.807, 2.05) is 20.8 Å². The van der Waals surface area contributed by atoms with Crippen molar-refractivity contribution in [3.63, 3.8) is 0 Å². The first-order valence-electron chi connectivity index (χ1n) is 6.60. The first-order valence-corrected chi connectivity index (χ1v) is 6.60. The summed E-state index contributed by atoms with van der Waals surface area (Å²) in [5, 5.41) is 2.77. The molecule has 1 aromatic rings. The van der Waals surface area contributed by atoms with Gasteiger partial charge in [-0.25, -0.2) is 0 Å². The average molecular weight is 303 g/mol. The van der Waals surface area contributed by atoms with Crippen LogP contribution < -0.4 is 11.1 Å². The van der Waals surface area contributed by atoms with Crippen LogP contribution in [0.4, 0.5) is 13.2 Å². The zero-order chi connectivity index (χ0) is 16.3. The number of halogens is 3. The predicted octanol–water partition coefficient (Wildman–Crippen LogP) is 2.59. The van der Waals surface area contributed by atoms with Crippen LogP contribution >= 0.6 is 0 Å². The molecule has 118 valence electrons. The molecule has 1 heterocycles. The fourth-order valence-electron chi connectivity index (χ4n) is 1.82. The minimum atomic E-state index is -4.46. The highest BCUT2D eigenvalue weighted by Gasteiger charge is 2.31. The van der Waals surface area contributed by atoms with E-state index in [0.717, 1.165) is 12.1 Å². The quantitative estimate of drug-likeness (QED) is 0.898. The largest absolute Gasteiger partial charge is 0.417 e. The van der Waals surface area contributed by atoms with Crippen LogP contribution in [0.2, 0.25) is 0 Å². The first-order chi connectivity index (χ1) is 9.55. The Morgan fingerprint density at radius 3 is 2.33 bits per heavy atom. The van der Waals surface area contributed by atoms with E-state index in [-0.39, 0.29) is 17.2 Å². The third-order valence-electron chi connectivity index (χ3n) is 3.13. The molecule has 0 aromatic carbocycles. The Morgan fingerprint density at radius 1 is 1.33 bits per heavy atom. The molecule has 1 atom stereocenters. The molecule has 7 heteroatoms. The van der Waals surface area contributed by atoms with Crippen molar-refractivity contribution in [1.82, 2.24) is 10.3 Å². The number of carbonyl (C=O) groups is 1. The molecule has 1 rings (SSSR count). The highest BCUT2D eigenvalue weighted by atomic mass is 19.4. The van der Waals surface area contributed by atoms with Crippen LogP contribution in [0.3, 0.4) is 0 Å². The number of hydrogen-bond donors (Lipinski definition) is 2. The number of carbonyl (C=O) groups excluding carboxylic acids is 1. The minimum Gasteiger partial charge on any atom is -0.347 e. The van der Waals surface area contributed by atoms with Gasteiger partial charge in [0.05, 0.1) is 5.56 Å². The van der Waals surface area contributed by atoms with Gasteiger partial charge in [0, 0.05) is 12.2 Å². The van der Waals surface area contributed by atoms with E-state index in [9.17, 15) is 18.0 Å². The van der Waals surface area contributed by atoms with Gasteiger partial charge in [-0.05, 0) is 30.5 Å². The van der Waals surface area contributed by atoms with E-state index < -0.39 is 17.6 Å². The standard InChI is InChI=1S/C14H20F3N3O/c1-13(2,3)11(6-7-18)20-12(21)10-5-4-9(8-19-10)14(15,16)17/h4-5,8,11H,6-7,18H2,1-3H3,(H,20,21). The van der Waals surface area contributed by atoms with Gasteiger partial charge in [-0.15, -0.1) is 0 Å². The number of pyridine rings is 1. The third-order valence-corrected chi connectivity index (χ3v) is 3.13. The molecular weight excluding hydrogens is 283 g/mol. The Hall–Kier alpha value is -1.63. The molecule has 0 spiro atoms. The van der Waals surface area contributed by atoms with Crippen molar-refractivity contribution in [3.8, 4) is 0 Å². The lowest BCUT2D eigenvalue weighted by molar-refractivity contribution is -0.137. The Labute approximate surface area is 121 Å². The number of nitrogens with zero attached hydrogens (tertiary/aromatic N) is 1. The van der Waals surface area contributed by atoms with Gasteiger partial charge in [0.25, 0.3) is 5.91 Å². The topological polar surface area (TPSA) is 68.0 Å². The molecule has 0 aliphatic heterocycles. The maximum Gasteiger partial charge on any atom is 0.417 e. The summed E-state index contributed by atoms with van der Waals surface area (Å²) in [5.74, 6) is -0.503. The van der Waals surface area contributed by atoms with Crippen molar-refractivity contribution in [2.75, 3.05) is 6.54 Å². The number of aromatic nitrogens is 1. The van der Waals surface area contributed by atoms with Gasteiger partial charge in [0.15, 0.2) is 0 Å². The van der Waals surface area contributed by atoms with E-state index in [1.54, 1.807) is 0 Å². The summed E-state index contributed by atoms with van der Waals surface area (Å²) in [6, 6.07) is 1.73. The zero-order valence-electron chi connectivity index (χ0n) is 12.3. The van der Waals surface area contributed by atoms with Crippen molar-refractivity contribution in [3.05, 3.63) is 29.6 Å². The molecule has 1 amide bonds. The maximum absolute atomic E-state index is 12.4. The Balaban J connectivity index is 2.84. The number of alkyl halides is 3. The van der Waals surface area contributed by atoms with Crippen LogP contribution in [0.5, 0.6) is 0 Å². The first kappa shape index (κ1) is 17.4. The minimum absolute atomic E-state index is 0.0470. The molecule has 4 nitrogen and oxygen atoms in total. The molecular formula is C14H20F3N3O. The summed E-state index contributed by atoms with van der Waals surface area (Å²) in [6.45, 7) is 6.26. The van der Waals surface area contributed by atoms with Gasteiger partial charge in [-0.2, -0.15) is 13.2 Å². The summed E-state index contributed by atoms with van der Waals surface area (Å²) in [5.41, 5.74) is 4.38. The molecule has 1 aromatic heterocycles. The second kappa shape index (κ2) is 6.43. The summed E-state index contributed by atoms with van der Waals surface area (Å²) >= 11 is 0. The second-order valence-corrected chi connectivity index (χ2v) is 5.90. The lowest BCUT2D eigenvalue weighted by Gasteiger charge is -2.31. The van der Waals surface area contributed by atoms with Crippen LogP contribution in [0.1, 0.15) is 43.2 Å². The van der Waals surface area contributed by atoms with Gasteiger partial charge in [0.1, 0.15) is 5.69 Å². The van der Waals surface area contributed by atoms with E-state index in [2.05, 4.69) is 10.3 Å². The summed E-state index contributed by atoms with van der Waals surface area (Å²) in [4.78, 5) is 15.6. The SMILES string of the molecule is CC(C)(C)C(CCN)NC(=O)c1ccc(C(F)(F)F)cn1. The normalized spacial score (nSPS) is 13.9. The lowest BCUT2D eigenvalue weighted by Crippen LogP contribution is -2.45. The van der Waals surface area contributed by atoms with Crippen molar-refractivity contribution in [2.45, 2.75) is 39.4 Å². The van der Waals surface area contributed by atoms with Crippen molar-refractivity contribution in [2.24, 2.45) is 11.1 Å². The summed E-state index contributed by atoms with van der Waals surface area (Å²) in [7, 11) is 0. The molecule has 0 aliphatic carbocycles. The summed E-state index contributed by atoms with van der Waals surface area (Å²) in [6.07, 6.45) is -3.23. The number of nitrogens with two attached hydrogens (primary N) is 1. The fourth-order valence-corrected chi connectivity index (χ4v) is 1.82. The van der Waals surface area contributed by atoms with Crippen LogP contribution in [0.25, 0.3) is 0 Å². The second-order valence-electron chi connectivity index (χ2n) is 5.90. The molecule has 0 bridgehead atoms. The van der Waals surface area contributed by atoms with Crippen LogP contribution in [-0.2, 0) is 6.18 Å². The number of hydrogen-bond acceptors (Lipinski definition) is 3. The van der Waals surface area contributed by atoms with Gasteiger partial charge in [-0.3, -0.25) is 9.78 Å². The van der Waals surface area contributed by atoms with Gasteiger partial charge in [0.2, 0.25) is 0 Å². The molecule has 0 radical (unpaired) electrons. The highest BCUT2D eigenvalue weighted by molar-refractivity contribution is 5.92. The van der Waals surface area contributed by atoms with Crippen LogP contribution in [0.15, 0.2) is 18.3 Å². The van der Waals surface area contributed by atoms with Crippen molar-refractivity contribution in [1.29, 1.82) is 0 Å². The predicted molar refractivity (Wildman–Crippen MR) is 73.6 cm³/mol. The Bertz CT molecular complexity index is 478. The van der Waals surface area contributed by atoms with Crippen molar-refractivity contribution >= 4 is 5.91 Å². The lowest BCUT2D eigenvalue weighted by atomic mass is 9.84. The highest BCUT2D eigenvalue weighted by Crippen LogP contribution is 2.28. The van der Waals surface area contributed by atoms with E-state index in [4.69, 9.17) is 5.73 Å². The van der Waals surface area contributed by atoms with Crippen LogP contribution in [-0.4, -0.2) is 23.5 Å². The van der Waals surface area contributed by atoms with E-state index >= 15 is 0 Å². The number of nitrogens with one attached hydrogen (secondary N) is 1. The van der Waals surface area contributed by atoms with E-state index in [0.29, 0.717) is 19.2 Å². The molecule has 1 unspecified atom stereocenters. The molecule has 0 aliphatic rings.